The van der Waals surface area contributed by atoms with Crippen LogP contribution in [-0.2, 0) is 80.0 Å². The lowest BCUT2D eigenvalue weighted by atomic mass is 10.1. The summed E-state index contributed by atoms with van der Waals surface area (Å²) in [6, 6.07) is 83.6. The van der Waals surface area contributed by atoms with E-state index < -0.39 is 0 Å². The second kappa shape index (κ2) is 50.9. The van der Waals surface area contributed by atoms with Crippen LogP contribution in [-0.4, -0.2) is 126 Å². The first-order chi connectivity index (χ1) is 66.4. The van der Waals surface area contributed by atoms with E-state index in [4.69, 9.17) is 98.4 Å². The monoisotopic (exact) mass is 2010 g/mol. The van der Waals surface area contributed by atoms with Crippen LogP contribution in [0, 0.1) is 3.57 Å². The molecule has 0 saturated carbocycles. The first-order valence-electron chi connectivity index (χ1n) is 42.3. The number of anilines is 2. The number of nitrogens with zero attached hydrogens (tertiary/aromatic N) is 16. The van der Waals surface area contributed by atoms with E-state index in [9.17, 15) is 0 Å². The van der Waals surface area contributed by atoms with Gasteiger partial charge in [-0.15, -0.1) is 56.7 Å². The molecule has 33 heteroatoms. The highest BCUT2D eigenvalue weighted by Gasteiger charge is 2.23. The van der Waals surface area contributed by atoms with Crippen molar-refractivity contribution in [2.24, 2.45) is 0 Å². The molecule has 0 bridgehead atoms. The van der Waals surface area contributed by atoms with Crippen LogP contribution in [0.5, 0.6) is 0 Å². The third kappa shape index (κ3) is 25.0. The van der Waals surface area contributed by atoms with Gasteiger partial charge in [0.1, 0.15) is 28.5 Å². The van der Waals surface area contributed by atoms with Crippen molar-refractivity contribution in [2.75, 3.05) is 31.4 Å². The van der Waals surface area contributed by atoms with Gasteiger partial charge in [0, 0.05) is 118 Å². The van der Waals surface area contributed by atoms with Crippen molar-refractivity contribution < 1.29 is 47.9 Å². The van der Waals surface area contributed by atoms with Gasteiger partial charge in [-0.2, -0.15) is 73.4 Å². The molecule has 27 nitrogen and oxygen atoms in total. The van der Waals surface area contributed by atoms with Gasteiger partial charge in [-0.3, -0.25) is 0 Å². The Hall–Kier alpha value is -15.6. The van der Waals surface area contributed by atoms with E-state index in [-0.39, 0.29) is 30.8 Å². The summed E-state index contributed by atoms with van der Waals surface area (Å²) in [5, 5.41) is 48.5. The van der Waals surface area contributed by atoms with Crippen molar-refractivity contribution in [3.05, 3.63) is 325 Å². The third-order valence-electron chi connectivity index (χ3n) is 20.5. The summed E-state index contributed by atoms with van der Waals surface area (Å²) in [6.45, 7) is 16.5. The van der Waals surface area contributed by atoms with E-state index in [0.29, 0.717) is 0 Å². The van der Waals surface area contributed by atoms with Crippen molar-refractivity contribution in [3.63, 3.8) is 0 Å². The van der Waals surface area contributed by atoms with Crippen LogP contribution in [0.25, 0.3) is 149 Å². The Kier molecular flexibility index (Phi) is 37.8. The van der Waals surface area contributed by atoms with Crippen molar-refractivity contribution in [1.29, 1.82) is 0 Å². The highest BCUT2D eigenvalue weighted by Crippen LogP contribution is 2.39. The van der Waals surface area contributed by atoms with Crippen LogP contribution in [0.15, 0.2) is 282 Å². The van der Waals surface area contributed by atoms with Crippen LogP contribution < -0.4 is 10.2 Å². The average Bonchev–Trinajstić information content (AvgIpc) is 1.61. The summed E-state index contributed by atoms with van der Waals surface area (Å²) in [5.41, 5.74) is 26.0. The Balaban J connectivity index is 0.000000157. The molecule has 0 aliphatic heterocycles. The van der Waals surface area contributed by atoms with E-state index in [1.807, 2.05) is 134 Å². The molecular weight excluding hydrogens is 1920 g/mol. The van der Waals surface area contributed by atoms with Gasteiger partial charge < -0.3 is 10.2 Å². The molecule has 136 heavy (non-hydrogen) atoms. The molecule has 10 aromatic carbocycles. The van der Waals surface area contributed by atoms with Gasteiger partial charge in [-0.1, -0.05) is 223 Å². The molecule has 0 fully saturated rings. The fourth-order valence-corrected chi connectivity index (χ4v) is 18.8. The number of benzene rings is 10. The maximum absolute atomic E-state index is 8.12. The highest BCUT2D eigenvalue weighted by atomic mass is 127. The number of hydrogen-bond acceptors (Lipinski definition) is 27. The lowest BCUT2D eigenvalue weighted by Crippen LogP contribution is -2.08. The number of allylic oxidation sites excluding steroid dienone is 1. The molecule has 20 rings (SSSR count). The molecular formula is C103H88IN17O10S5. The van der Waals surface area contributed by atoms with Gasteiger partial charge in [-0.25, -0.2) is 48.3 Å². The number of hydrogen-bond donors (Lipinski definition) is 1. The quantitative estimate of drug-likeness (QED) is 0.0735. The van der Waals surface area contributed by atoms with E-state index in [1.165, 1.54) is 9.13 Å². The molecule has 682 valence electrons. The van der Waals surface area contributed by atoms with Crippen LogP contribution in [0.1, 0.15) is 81.1 Å². The lowest BCUT2D eigenvalue weighted by Gasteiger charge is -2.12. The smallest absolute Gasteiger partial charge is 0.373 e. The van der Waals surface area contributed by atoms with Gasteiger partial charge in [0.25, 0.3) is 0 Å². The molecule has 1 N–H and O–H groups in total. The minimum absolute atomic E-state index is 0.250. The Labute approximate surface area is 815 Å². The number of aryl methyl sites for hydroxylation is 5. The summed E-state index contributed by atoms with van der Waals surface area (Å²) in [4.78, 5) is 107. The molecule has 0 amide bonds. The molecule has 0 unspecified atom stereocenters. The number of rotatable bonds is 19. The number of fused-ring (bicyclic) bond motifs is 5. The molecule has 0 saturated heterocycles. The Bertz CT molecular complexity index is 7510. The number of nitrogens with one attached hydrogen (secondary N) is 1. The second-order valence-corrected chi connectivity index (χ2v) is 34.3. The Morgan fingerprint density at radius 2 is 0.588 bits per heavy atom. The predicted octanol–water partition coefficient (Wildman–Crippen LogP) is 23.0. The molecule has 20 aromatic rings. The first-order valence-corrected chi connectivity index (χ1v) is 47.8. The highest BCUT2D eigenvalue weighted by molar-refractivity contribution is 14.1. The zero-order chi connectivity index (χ0) is 97.0. The van der Waals surface area contributed by atoms with Crippen molar-refractivity contribution in [2.45, 2.75) is 73.6 Å². The Morgan fingerprint density at radius 3 is 0.853 bits per heavy atom. The largest absolute Gasteiger partial charge is 0.388 e. The molecule has 0 spiro atoms. The van der Waals surface area contributed by atoms with E-state index in [0.717, 1.165) is 214 Å². The van der Waals surface area contributed by atoms with Gasteiger partial charge in [0.15, 0.2) is 0 Å². The summed E-state index contributed by atoms with van der Waals surface area (Å²) in [6.07, 6.45) is 11.9. The molecule has 10 heterocycles. The van der Waals surface area contributed by atoms with Gasteiger partial charge >= 0.3 is 30.8 Å². The lowest BCUT2D eigenvalue weighted by molar-refractivity contribution is -0.193. The van der Waals surface area contributed by atoms with Crippen molar-refractivity contribution >= 4 is 188 Å². The molecule has 10 aromatic heterocycles. The SMILES string of the molecule is C/C=C/c1ccc2c(-c3ccccc3)nn(-c3nc(CC)cs3)c2c1.C=Cc1ccc2c(-c3ccccc3)nn(-c3nc(CC)cs3)c2c1.CCc1csc(-n2nc(-c3ccccc3)c3ccc(I)cc32)n1.CCc1csc(-n2nc(-c3ccccc3)c3ccc(N(C)C)cc32)n1.CCc1csc(-n2nc(-c3ccccc3)c3ccc(NC)cc32)n1.O=C=O.O=C=O.O=C=O.O=C=O.O=C=O. The van der Waals surface area contributed by atoms with Crippen molar-refractivity contribution in [1.82, 2.24) is 73.8 Å². The van der Waals surface area contributed by atoms with Gasteiger partial charge in [-0.05, 0) is 152 Å². The minimum Gasteiger partial charge on any atom is -0.388 e. The predicted molar refractivity (Wildman–Crippen MR) is 544 cm³/mol. The zero-order valence-corrected chi connectivity index (χ0v) is 81.4. The number of aromatic nitrogens is 15. The summed E-state index contributed by atoms with van der Waals surface area (Å²) >= 11 is 10.5. The normalized spacial score (nSPS) is 10.3. The third-order valence-corrected chi connectivity index (χ3v) is 25.4. The molecule has 0 atom stereocenters. The molecule has 0 aliphatic rings. The Morgan fingerprint density at radius 1 is 0.338 bits per heavy atom. The fraction of sp³-hybridized carbons (Fsp3) is 0.136. The topological polar surface area (TPSA) is 340 Å². The van der Waals surface area contributed by atoms with Crippen LogP contribution in [0.3, 0.4) is 0 Å². The van der Waals surface area contributed by atoms with Crippen molar-refractivity contribution in [3.8, 4) is 81.9 Å². The first kappa shape index (κ1) is 101. The standard InChI is InChI=1S/C21H19N3S.C20H20N4S.C20H17N3S.C19H18N4S.C18H14IN3S.5CO2/c1-3-8-15-11-12-18-19(13-15)24(21-22-17(4-2)14-25-21)23-20(18)16-9-6-5-7-10-16;1-4-15-13-25-20(21-15)24-18-12-16(23(2)3)10-11-17(18)19(22-24)14-8-6-5-7-9-14;1-3-14-10-11-17-18(12-14)23(20-21-16(4-2)13-24-20)22-19(17)15-8-6-5-7-9-15;1-3-14-12-24-19(21-14)23-17-11-15(20-2)9-10-16(17)18(22-23)13-7-5-4-6-8-13;1-2-14-11-23-18(20-14)22-16-10-13(19)8-9-15(16)17(21-22)12-6-4-3-5-7-12;5*2-1-3/h3,5-14H,4H2,1-2H3;5-13H,4H2,1-3H3;3,5-13H,1,4H2,2H3;4-12,20H,3H2,1-2H3;3-11H,2H2,1H3;;;;;/b8-3+;;;;;;;;;. The van der Waals surface area contributed by atoms with Gasteiger partial charge in [0.05, 0.1) is 56.1 Å². The van der Waals surface area contributed by atoms with E-state index in [2.05, 4.69) is 279 Å². The van der Waals surface area contributed by atoms with E-state index in [1.54, 1.807) is 56.7 Å². The van der Waals surface area contributed by atoms with Gasteiger partial charge in [0.2, 0.25) is 25.7 Å². The van der Waals surface area contributed by atoms with Crippen LogP contribution in [0.2, 0.25) is 0 Å². The summed E-state index contributed by atoms with van der Waals surface area (Å²) < 4.78 is 11.0. The minimum atomic E-state index is 0.250. The number of thiazole rings is 5. The maximum Gasteiger partial charge on any atom is 0.373 e. The van der Waals surface area contributed by atoms with Crippen LogP contribution >= 0.6 is 79.3 Å². The summed E-state index contributed by atoms with van der Waals surface area (Å²) in [5.74, 6) is 0. The number of carbonyl (C=O) groups excluding carboxylic acids is 10. The van der Waals surface area contributed by atoms with Crippen LogP contribution in [0.4, 0.5) is 11.4 Å². The zero-order valence-electron chi connectivity index (χ0n) is 75.1. The summed E-state index contributed by atoms with van der Waals surface area (Å²) in [7, 11) is 6.04. The van der Waals surface area contributed by atoms with E-state index >= 15 is 0 Å². The maximum atomic E-state index is 8.12. The second-order valence-electron chi connectivity index (χ2n) is 28.9. The average molecular weight is 2010 g/mol. The molecule has 0 aliphatic carbocycles. The molecule has 0 radical (unpaired) electrons. The fourth-order valence-electron chi connectivity index (χ4n) is 14.0. The number of halogens is 1.